The van der Waals surface area contributed by atoms with Crippen LogP contribution in [0.2, 0.25) is 0 Å². The van der Waals surface area contributed by atoms with Gasteiger partial charge in [-0.25, -0.2) is 9.67 Å². The molecule has 0 amide bonds. The van der Waals surface area contributed by atoms with Crippen LogP contribution in [0.5, 0.6) is 0 Å². The number of aromatic nitrogens is 3. The number of nitrogens with zero attached hydrogens (tertiary/aromatic N) is 3. The van der Waals surface area contributed by atoms with E-state index < -0.39 is 35.1 Å². The smallest absolute Gasteiger partial charge is 0.384 e. The van der Waals surface area contributed by atoms with Crippen LogP contribution >= 0.6 is 0 Å². The molecule has 0 spiro atoms. The maximum absolute atomic E-state index is 12.6. The number of hydrogen-bond donors (Lipinski definition) is 1. The fourth-order valence-corrected chi connectivity index (χ4v) is 1.41. The summed E-state index contributed by atoms with van der Waals surface area (Å²) in [4.78, 5) is 3.52. The molecule has 0 aliphatic carbocycles. The van der Waals surface area contributed by atoms with Gasteiger partial charge in [0.2, 0.25) is 0 Å². The van der Waals surface area contributed by atoms with Crippen molar-refractivity contribution in [3.63, 3.8) is 0 Å². The lowest BCUT2D eigenvalue weighted by atomic mass is 10.2. The number of nitrogen functional groups attached to an aromatic ring is 1. The standard InChI is InChI=1S/C10H6F6N4/c11-9(12,13)5-1-7(17)19-8(2-5)20-4-6(3-18-20)10(14,15)16/h1-4H,(H2,17,19). The quantitative estimate of drug-likeness (QED) is 0.823. The number of rotatable bonds is 1. The summed E-state index contributed by atoms with van der Waals surface area (Å²) in [6.07, 6.45) is -8.32. The van der Waals surface area contributed by atoms with Gasteiger partial charge in [0.25, 0.3) is 0 Å². The van der Waals surface area contributed by atoms with Gasteiger partial charge >= 0.3 is 12.4 Å². The molecule has 0 unspecified atom stereocenters. The number of hydrogen-bond acceptors (Lipinski definition) is 3. The van der Waals surface area contributed by atoms with Gasteiger partial charge < -0.3 is 5.73 Å². The van der Waals surface area contributed by atoms with Gasteiger partial charge in [0.05, 0.1) is 17.3 Å². The largest absolute Gasteiger partial charge is 0.419 e. The highest BCUT2D eigenvalue weighted by Crippen LogP contribution is 2.32. The molecule has 0 saturated carbocycles. The highest BCUT2D eigenvalue weighted by Gasteiger charge is 2.34. The van der Waals surface area contributed by atoms with Crippen molar-refractivity contribution in [2.75, 3.05) is 5.73 Å². The first-order chi connectivity index (χ1) is 9.07. The average Bonchev–Trinajstić information content (AvgIpc) is 2.75. The van der Waals surface area contributed by atoms with Crippen molar-refractivity contribution in [1.82, 2.24) is 14.8 Å². The molecule has 0 atom stereocenters. The molecule has 2 aromatic heterocycles. The van der Waals surface area contributed by atoms with Crippen molar-refractivity contribution in [1.29, 1.82) is 0 Å². The second-order valence-corrected chi connectivity index (χ2v) is 3.81. The number of pyridine rings is 1. The lowest BCUT2D eigenvalue weighted by molar-refractivity contribution is -0.138. The summed E-state index contributed by atoms with van der Waals surface area (Å²) in [6, 6.07) is 1.14. The molecule has 2 heterocycles. The Balaban J connectivity index is 2.48. The molecule has 0 saturated heterocycles. The maximum Gasteiger partial charge on any atom is 0.419 e. The normalized spacial score (nSPS) is 12.7. The third-order valence-corrected chi connectivity index (χ3v) is 2.30. The second-order valence-electron chi connectivity index (χ2n) is 3.81. The van der Waals surface area contributed by atoms with E-state index in [9.17, 15) is 26.3 Å². The van der Waals surface area contributed by atoms with Crippen LogP contribution in [0.25, 0.3) is 5.82 Å². The Morgan fingerprint density at radius 1 is 0.950 bits per heavy atom. The molecule has 2 aromatic rings. The molecular weight excluding hydrogens is 290 g/mol. The third kappa shape index (κ3) is 2.83. The molecule has 4 nitrogen and oxygen atoms in total. The van der Waals surface area contributed by atoms with E-state index in [1.54, 1.807) is 0 Å². The molecule has 0 aromatic carbocycles. The molecule has 10 heteroatoms. The minimum absolute atomic E-state index is 0.451. The second kappa shape index (κ2) is 4.39. The Hall–Kier alpha value is -2.26. The summed E-state index contributed by atoms with van der Waals surface area (Å²) in [5.74, 6) is -0.924. The highest BCUT2D eigenvalue weighted by atomic mass is 19.4. The van der Waals surface area contributed by atoms with Gasteiger partial charge in [0.1, 0.15) is 5.82 Å². The summed E-state index contributed by atoms with van der Waals surface area (Å²) < 4.78 is 75.4. The first-order valence-electron chi connectivity index (χ1n) is 5.04. The van der Waals surface area contributed by atoms with E-state index in [4.69, 9.17) is 5.73 Å². The molecule has 0 bridgehead atoms. The molecule has 0 aliphatic rings. The van der Waals surface area contributed by atoms with Crippen LogP contribution in [0.15, 0.2) is 24.5 Å². The fourth-order valence-electron chi connectivity index (χ4n) is 1.41. The van der Waals surface area contributed by atoms with Crippen LogP contribution in [-0.4, -0.2) is 14.8 Å². The van der Waals surface area contributed by atoms with Crippen LogP contribution in [0.1, 0.15) is 11.1 Å². The Morgan fingerprint density at radius 3 is 2.05 bits per heavy atom. The van der Waals surface area contributed by atoms with Gasteiger partial charge in [0.15, 0.2) is 5.82 Å². The van der Waals surface area contributed by atoms with E-state index in [0.717, 1.165) is 0 Å². The molecule has 0 aliphatic heterocycles. The lowest BCUT2D eigenvalue weighted by Crippen LogP contribution is -2.10. The minimum Gasteiger partial charge on any atom is -0.384 e. The van der Waals surface area contributed by atoms with E-state index in [1.807, 2.05) is 0 Å². The molecule has 0 fully saturated rings. The molecule has 20 heavy (non-hydrogen) atoms. The first-order valence-corrected chi connectivity index (χ1v) is 5.04. The van der Waals surface area contributed by atoms with Crippen molar-refractivity contribution < 1.29 is 26.3 Å². The lowest BCUT2D eigenvalue weighted by Gasteiger charge is -2.09. The summed E-state index contributed by atoms with van der Waals surface area (Å²) in [7, 11) is 0. The van der Waals surface area contributed by atoms with Gasteiger partial charge in [-0.1, -0.05) is 0 Å². The minimum atomic E-state index is -4.69. The van der Waals surface area contributed by atoms with Gasteiger partial charge in [-0.05, 0) is 12.1 Å². The Labute approximate surface area is 107 Å². The van der Waals surface area contributed by atoms with E-state index in [1.165, 1.54) is 0 Å². The fraction of sp³-hybridized carbons (Fsp3) is 0.200. The van der Waals surface area contributed by atoms with E-state index in [-0.39, 0.29) is 0 Å². The number of halogens is 6. The molecule has 2 rings (SSSR count). The summed E-state index contributed by atoms with van der Waals surface area (Å²) >= 11 is 0. The number of nitrogens with two attached hydrogens (primary N) is 1. The average molecular weight is 296 g/mol. The van der Waals surface area contributed by atoms with Gasteiger partial charge in [0, 0.05) is 6.20 Å². The summed E-state index contributed by atoms with van der Waals surface area (Å²) in [6.45, 7) is 0. The monoisotopic (exact) mass is 296 g/mol. The highest BCUT2D eigenvalue weighted by molar-refractivity contribution is 5.41. The van der Waals surface area contributed by atoms with Gasteiger partial charge in [-0.15, -0.1) is 0 Å². The van der Waals surface area contributed by atoms with Crippen molar-refractivity contribution >= 4 is 5.82 Å². The van der Waals surface area contributed by atoms with E-state index in [0.29, 0.717) is 29.2 Å². The van der Waals surface area contributed by atoms with Crippen molar-refractivity contribution in [2.45, 2.75) is 12.4 Å². The third-order valence-electron chi connectivity index (χ3n) is 2.30. The van der Waals surface area contributed by atoms with Gasteiger partial charge in [-0.2, -0.15) is 31.4 Å². The Kier molecular flexibility index (Phi) is 3.11. The SMILES string of the molecule is Nc1cc(C(F)(F)F)cc(-n2cc(C(F)(F)F)cn2)n1. The van der Waals surface area contributed by atoms with Crippen LogP contribution < -0.4 is 5.73 Å². The van der Waals surface area contributed by atoms with Crippen molar-refractivity contribution in [3.05, 3.63) is 35.7 Å². The zero-order chi connectivity index (χ0) is 15.1. The predicted molar refractivity (Wildman–Crippen MR) is 55.8 cm³/mol. The van der Waals surface area contributed by atoms with Crippen LogP contribution in [0.3, 0.4) is 0 Å². The molecule has 2 N–H and O–H groups in total. The van der Waals surface area contributed by atoms with Crippen molar-refractivity contribution in [2.24, 2.45) is 0 Å². The topological polar surface area (TPSA) is 56.7 Å². The van der Waals surface area contributed by atoms with Crippen molar-refractivity contribution in [3.8, 4) is 5.82 Å². The Morgan fingerprint density at radius 2 is 1.55 bits per heavy atom. The summed E-state index contributed by atoms with van der Waals surface area (Å²) in [5.41, 5.74) is 2.99. The van der Waals surface area contributed by atoms with Crippen LogP contribution in [0.4, 0.5) is 32.2 Å². The number of alkyl halides is 6. The predicted octanol–water partition coefficient (Wildman–Crippen LogP) is 2.89. The Bertz CT molecular complexity index is 627. The number of anilines is 1. The summed E-state index contributed by atoms with van der Waals surface area (Å²) in [5, 5.41) is 3.33. The molecule has 0 radical (unpaired) electrons. The maximum atomic E-state index is 12.6. The first kappa shape index (κ1) is 14.2. The molecular formula is C10H6F6N4. The zero-order valence-electron chi connectivity index (χ0n) is 9.50. The van der Waals surface area contributed by atoms with Gasteiger partial charge in [-0.3, -0.25) is 0 Å². The van der Waals surface area contributed by atoms with Crippen LogP contribution in [-0.2, 0) is 12.4 Å². The zero-order valence-corrected chi connectivity index (χ0v) is 9.50. The van der Waals surface area contributed by atoms with E-state index >= 15 is 0 Å². The van der Waals surface area contributed by atoms with Crippen LogP contribution in [0, 0.1) is 0 Å². The van der Waals surface area contributed by atoms with E-state index in [2.05, 4.69) is 10.1 Å². The molecule has 108 valence electrons.